The van der Waals surface area contributed by atoms with Crippen LogP contribution in [0.4, 0.5) is 5.82 Å². The van der Waals surface area contributed by atoms with Crippen molar-refractivity contribution in [3.8, 4) is 0 Å². The minimum absolute atomic E-state index is 0.733. The van der Waals surface area contributed by atoms with Gasteiger partial charge in [0, 0.05) is 25.2 Å². The number of piperidine rings is 2. The van der Waals surface area contributed by atoms with Crippen LogP contribution in [0.25, 0.3) is 0 Å². The summed E-state index contributed by atoms with van der Waals surface area (Å²) in [4.78, 5) is 11.1. The monoisotopic (exact) mass is 264 g/mol. The minimum atomic E-state index is 0.733. The largest absolute Gasteiger partial charge is 0.356 e. The van der Waals surface area contributed by atoms with Crippen LogP contribution in [-0.2, 0) is 0 Å². The van der Waals surface area contributed by atoms with E-state index < -0.39 is 0 Å². The predicted octanol–water partition coefficient (Wildman–Crippen LogP) is 1.78. The molecular weight excluding hydrogens is 244 g/mol. The van der Waals surface area contributed by atoms with Crippen molar-refractivity contribution in [3.05, 3.63) is 12.4 Å². The number of hydrogen-bond acceptors (Lipinski definition) is 5. The summed E-state index contributed by atoms with van der Waals surface area (Å²) in [5.41, 5.74) is 0. The first-order chi connectivity index (χ1) is 8.86. The SMILES string of the molecule is CSc1cc(N2CCC3NCCCC3C2)ncn1. The molecule has 0 aromatic carbocycles. The molecule has 4 nitrogen and oxygen atoms in total. The standard InChI is InChI=1S/C13H20N4S/c1-18-13-7-12(15-9-16-13)17-6-4-11-10(8-17)3-2-5-14-11/h7,9-11,14H,2-6,8H2,1H3. The van der Waals surface area contributed by atoms with Gasteiger partial charge in [-0.05, 0) is 38.0 Å². The molecule has 5 heteroatoms. The third kappa shape index (κ3) is 2.47. The highest BCUT2D eigenvalue weighted by molar-refractivity contribution is 7.98. The molecule has 1 aromatic rings. The molecule has 2 atom stereocenters. The Morgan fingerprint density at radius 1 is 1.39 bits per heavy atom. The van der Waals surface area contributed by atoms with Gasteiger partial charge in [-0.15, -0.1) is 11.8 Å². The molecule has 0 spiro atoms. The van der Waals surface area contributed by atoms with Crippen LogP contribution in [0.15, 0.2) is 17.4 Å². The van der Waals surface area contributed by atoms with Gasteiger partial charge in [0.15, 0.2) is 0 Å². The lowest BCUT2D eigenvalue weighted by molar-refractivity contribution is 0.244. The third-order valence-electron chi connectivity index (χ3n) is 4.05. The summed E-state index contributed by atoms with van der Waals surface area (Å²) >= 11 is 1.68. The van der Waals surface area contributed by atoms with Gasteiger partial charge < -0.3 is 10.2 Å². The fraction of sp³-hybridized carbons (Fsp3) is 0.692. The predicted molar refractivity (Wildman–Crippen MR) is 75.2 cm³/mol. The van der Waals surface area contributed by atoms with Crippen LogP contribution in [0.2, 0.25) is 0 Å². The lowest BCUT2D eigenvalue weighted by Crippen LogP contribution is -2.52. The lowest BCUT2D eigenvalue weighted by atomic mass is 9.85. The van der Waals surface area contributed by atoms with Gasteiger partial charge in [0.2, 0.25) is 0 Å². The number of nitrogens with one attached hydrogen (secondary N) is 1. The number of nitrogens with zero attached hydrogens (tertiary/aromatic N) is 3. The summed E-state index contributed by atoms with van der Waals surface area (Å²) in [6.07, 6.45) is 7.66. The smallest absolute Gasteiger partial charge is 0.133 e. The fourth-order valence-electron chi connectivity index (χ4n) is 3.07. The second kappa shape index (κ2) is 5.45. The molecule has 18 heavy (non-hydrogen) atoms. The number of aromatic nitrogens is 2. The van der Waals surface area contributed by atoms with E-state index in [1.165, 1.54) is 25.8 Å². The number of rotatable bonds is 2. The molecule has 0 saturated carbocycles. The Bertz CT molecular complexity index is 412. The van der Waals surface area contributed by atoms with E-state index in [0.717, 1.165) is 35.9 Å². The van der Waals surface area contributed by atoms with Crippen molar-refractivity contribution in [1.82, 2.24) is 15.3 Å². The van der Waals surface area contributed by atoms with Gasteiger partial charge in [0.1, 0.15) is 17.2 Å². The summed E-state index contributed by atoms with van der Waals surface area (Å²) < 4.78 is 0. The van der Waals surface area contributed by atoms with Crippen LogP contribution in [0, 0.1) is 5.92 Å². The van der Waals surface area contributed by atoms with E-state index in [-0.39, 0.29) is 0 Å². The molecule has 1 N–H and O–H groups in total. The Hall–Kier alpha value is -0.810. The van der Waals surface area contributed by atoms with Gasteiger partial charge in [-0.1, -0.05) is 0 Å². The molecule has 0 radical (unpaired) electrons. The van der Waals surface area contributed by atoms with Crippen molar-refractivity contribution in [2.24, 2.45) is 5.92 Å². The third-order valence-corrected chi connectivity index (χ3v) is 4.69. The van der Waals surface area contributed by atoms with Crippen molar-refractivity contribution >= 4 is 17.6 Å². The summed E-state index contributed by atoms with van der Waals surface area (Å²) in [7, 11) is 0. The average Bonchev–Trinajstić information content (AvgIpc) is 2.47. The quantitative estimate of drug-likeness (QED) is 0.651. The Morgan fingerprint density at radius 2 is 2.33 bits per heavy atom. The van der Waals surface area contributed by atoms with Crippen LogP contribution in [0.1, 0.15) is 19.3 Å². The van der Waals surface area contributed by atoms with Crippen molar-refractivity contribution in [3.63, 3.8) is 0 Å². The van der Waals surface area contributed by atoms with Crippen molar-refractivity contribution < 1.29 is 0 Å². The van der Waals surface area contributed by atoms with E-state index in [1.54, 1.807) is 18.1 Å². The molecule has 2 unspecified atom stereocenters. The Morgan fingerprint density at radius 3 is 3.22 bits per heavy atom. The topological polar surface area (TPSA) is 41.0 Å². The highest BCUT2D eigenvalue weighted by Crippen LogP contribution is 2.28. The molecule has 3 rings (SSSR count). The molecule has 3 heterocycles. The lowest BCUT2D eigenvalue weighted by Gasteiger charge is -2.42. The van der Waals surface area contributed by atoms with Gasteiger partial charge in [-0.3, -0.25) is 0 Å². The average molecular weight is 264 g/mol. The van der Waals surface area contributed by atoms with Gasteiger partial charge in [-0.2, -0.15) is 0 Å². The van der Waals surface area contributed by atoms with E-state index in [1.807, 2.05) is 0 Å². The number of anilines is 1. The Balaban J connectivity index is 1.72. The highest BCUT2D eigenvalue weighted by Gasteiger charge is 2.31. The maximum atomic E-state index is 4.43. The van der Waals surface area contributed by atoms with E-state index in [4.69, 9.17) is 0 Å². The Kier molecular flexibility index (Phi) is 3.70. The molecule has 2 saturated heterocycles. The molecule has 2 aliphatic rings. The van der Waals surface area contributed by atoms with Crippen LogP contribution < -0.4 is 10.2 Å². The normalized spacial score (nSPS) is 27.9. The molecule has 0 aliphatic carbocycles. The van der Waals surface area contributed by atoms with Crippen molar-refractivity contribution in [2.45, 2.75) is 30.3 Å². The van der Waals surface area contributed by atoms with Crippen molar-refractivity contribution in [2.75, 3.05) is 30.8 Å². The zero-order chi connectivity index (χ0) is 12.4. The first-order valence-electron chi connectivity index (χ1n) is 6.71. The number of thioether (sulfide) groups is 1. The van der Waals surface area contributed by atoms with E-state index in [2.05, 4.69) is 32.5 Å². The van der Waals surface area contributed by atoms with Crippen LogP contribution in [0.3, 0.4) is 0 Å². The first kappa shape index (κ1) is 12.2. The van der Waals surface area contributed by atoms with E-state index in [9.17, 15) is 0 Å². The second-order valence-corrected chi connectivity index (χ2v) is 5.94. The van der Waals surface area contributed by atoms with Gasteiger partial charge in [0.25, 0.3) is 0 Å². The zero-order valence-corrected chi connectivity index (χ0v) is 11.6. The summed E-state index contributed by atoms with van der Waals surface area (Å²) in [6, 6.07) is 2.85. The van der Waals surface area contributed by atoms with Crippen LogP contribution in [-0.4, -0.2) is 41.9 Å². The minimum Gasteiger partial charge on any atom is -0.356 e. The fourth-order valence-corrected chi connectivity index (χ4v) is 3.44. The maximum absolute atomic E-state index is 4.43. The number of hydrogen-bond donors (Lipinski definition) is 1. The molecule has 0 amide bonds. The molecule has 2 aliphatic heterocycles. The zero-order valence-electron chi connectivity index (χ0n) is 10.8. The first-order valence-corrected chi connectivity index (χ1v) is 7.93. The number of fused-ring (bicyclic) bond motifs is 1. The van der Waals surface area contributed by atoms with E-state index in [0.29, 0.717) is 0 Å². The molecular formula is C13H20N4S. The van der Waals surface area contributed by atoms with Gasteiger partial charge >= 0.3 is 0 Å². The van der Waals surface area contributed by atoms with Crippen LogP contribution in [0.5, 0.6) is 0 Å². The highest BCUT2D eigenvalue weighted by atomic mass is 32.2. The summed E-state index contributed by atoms with van der Waals surface area (Å²) in [5.74, 6) is 1.89. The summed E-state index contributed by atoms with van der Waals surface area (Å²) in [5, 5.41) is 4.71. The van der Waals surface area contributed by atoms with Crippen LogP contribution >= 0.6 is 11.8 Å². The molecule has 1 aromatic heterocycles. The van der Waals surface area contributed by atoms with Crippen molar-refractivity contribution in [1.29, 1.82) is 0 Å². The van der Waals surface area contributed by atoms with E-state index >= 15 is 0 Å². The molecule has 0 bridgehead atoms. The van der Waals surface area contributed by atoms with Gasteiger partial charge in [0.05, 0.1) is 0 Å². The maximum Gasteiger partial charge on any atom is 0.133 e. The molecule has 2 fully saturated rings. The summed E-state index contributed by atoms with van der Waals surface area (Å²) in [6.45, 7) is 3.45. The Labute approximate surface area is 113 Å². The molecule has 98 valence electrons. The second-order valence-electron chi connectivity index (χ2n) is 5.12. The van der Waals surface area contributed by atoms with Gasteiger partial charge in [-0.25, -0.2) is 9.97 Å².